The minimum Gasteiger partial charge on any atom is -0.394 e. The van der Waals surface area contributed by atoms with Gasteiger partial charge in [-0.05, 0) is 13.3 Å². The van der Waals surface area contributed by atoms with Gasteiger partial charge in [0.05, 0.1) is 22.7 Å². The van der Waals surface area contributed by atoms with Crippen molar-refractivity contribution in [2.24, 2.45) is 0 Å². The molecule has 0 aliphatic carbocycles. The first-order valence-corrected chi connectivity index (χ1v) is 7.06. The van der Waals surface area contributed by atoms with Crippen molar-refractivity contribution in [2.45, 2.75) is 55.0 Å². The van der Waals surface area contributed by atoms with Crippen LogP contribution in [-0.2, 0) is 9.47 Å². The first-order chi connectivity index (χ1) is 7.61. The first-order valence-electron chi connectivity index (χ1n) is 5.81. The van der Waals surface area contributed by atoms with Gasteiger partial charge in [-0.3, -0.25) is 0 Å². The molecule has 96 valence electrons. The van der Waals surface area contributed by atoms with E-state index in [-0.39, 0.29) is 28.8 Å². The van der Waals surface area contributed by atoms with Gasteiger partial charge in [0.1, 0.15) is 12.2 Å². The van der Waals surface area contributed by atoms with Gasteiger partial charge in [0.15, 0.2) is 0 Å². The monoisotopic (exact) mass is 344 g/mol. The number of alkyl halides is 1. The topological polar surface area (TPSA) is 58.9 Å². The Bertz CT molecular complexity index is 202. The Morgan fingerprint density at radius 2 is 2.12 bits per heavy atom. The third-order valence-corrected chi connectivity index (χ3v) is 4.38. The molecule has 0 spiro atoms. The fraction of sp³-hybridized carbons (Fsp3) is 1.00. The Morgan fingerprint density at radius 3 is 2.69 bits per heavy atom. The zero-order valence-corrected chi connectivity index (χ0v) is 12.0. The molecule has 0 radical (unpaired) electrons. The molecule has 0 bridgehead atoms. The van der Waals surface area contributed by atoms with E-state index in [1.807, 2.05) is 6.92 Å². The molecule has 1 unspecified atom stereocenters. The quantitative estimate of drug-likeness (QED) is 0.446. The molecule has 4 nitrogen and oxygen atoms in total. The lowest BCUT2D eigenvalue weighted by molar-refractivity contribution is -0.177. The summed E-state index contributed by atoms with van der Waals surface area (Å²) < 4.78 is 11.2. The van der Waals surface area contributed by atoms with Crippen LogP contribution in [0.5, 0.6) is 0 Å². The maximum absolute atomic E-state index is 9.98. The lowest BCUT2D eigenvalue weighted by Gasteiger charge is -2.41. The minimum absolute atomic E-state index is 0.00865. The van der Waals surface area contributed by atoms with E-state index in [4.69, 9.17) is 9.47 Å². The highest BCUT2D eigenvalue weighted by Gasteiger charge is 2.42. The zero-order chi connectivity index (χ0) is 12.1. The van der Waals surface area contributed by atoms with Gasteiger partial charge in [0.25, 0.3) is 0 Å². The number of aliphatic hydroxyl groups excluding tert-OH is 2. The predicted octanol–water partition coefficient (Wildman–Crippen LogP) is 1.12. The molecule has 0 aromatic rings. The van der Waals surface area contributed by atoms with E-state index in [1.54, 1.807) is 0 Å². The number of hydrogen-bond donors (Lipinski definition) is 2. The van der Waals surface area contributed by atoms with Crippen molar-refractivity contribution in [3.05, 3.63) is 0 Å². The fourth-order valence-corrected chi connectivity index (χ4v) is 2.83. The lowest BCUT2D eigenvalue weighted by Crippen LogP contribution is -2.56. The molecule has 2 N–H and O–H groups in total. The molecule has 0 aromatic heterocycles. The molecule has 1 rings (SSSR count). The number of unbranched alkanes of at least 4 members (excludes halogenated alkanes) is 1. The average Bonchev–Trinajstić information content (AvgIpc) is 2.28. The molecule has 0 aromatic carbocycles. The van der Waals surface area contributed by atoms with Gasteiger partial charge in [-0.15, -0.1) is 0 Å². The molecule has 1 fully saturated rings. The summed E-state index contributed by atoms with van der Waals surface area (Å²) in [5, 5.41) is 19.2. The Kier molecular flexibility index (Phi) is 6.50. The number of aliphatic hydroxyl groups is 2. The first kappa shape index (κ1) is 14.6. The summed E-state index contributed by atoms with van der Waals surface area (Å²) in [5.41, 5.74) is 0. The van der Waals surface area contributed by atoms with Crippen LogP contribution in [0.2, 0.25) is 0 Å². The largest absolute Gasteiger partial charge is 0.394 e. The van der Waals surface area contributed by atoms with Crippen molar-refractivity contribution in [1.29, 1.82) is 0 Å². The van der Waals surface area contributed by atoms with Crippen LogP contribution < -0.4 is 0 Å². The SMILES string of the molecule is CCCCO[C@H]1C(I)[C@@H](CO)O[C@@H](C)[C@@H]1O. The highest BCUT2D eigenvalue weighted by atomic mass is 127. The van der Waals surface area contributed by atoms with Gasteiger partial charge in [-0.25, -0.2) is 0 Å². The predicted molar refractivity (Wildman–Crippen MR) is 69.9 cm³/mol. The van der Waals surface area contributed by atoms with Gasteiger partial charge in [-0.1, -0.05) is 35.9 Å². The molecule has 5 heteroatoms. The smallest absolute Gasteiger partial charge is 0.107 e. The van der Waals surface area contributed by atoms with E-state index >= 15 is 0 Å². The van der Waals surface area contributed by atoms with E-state index in [0.717, 1.165) is 12.8 Å². The molecule has 1 aliphatic heterocycles. The van der Waals surface area contributed by atoms with E-state index in [1.165, 1.54) is 0 Å². The second-order valence-electron chi connectivity index (χ2n) is 4.19. The number of hydrogen-bond acceptors (Lipinski definition) is 4. The summed E-state index contributed by atoms with van der Waals surface area (Å²) in [6.07, 6.45) is 0.686. The molecule has 1 heterocycles. The van der Waals surface area contributed by atoms with Gasteiger partial charge < -0.3 is 19.7 Å². The van der Waals surface area contributed by atoms with Crippen molar-refractivity contribution >= 4 is 22.6 Å². The normalized spacial score (nSPS) is 39.9. The van der Waals surface area contributed by atoms with Crippen molar-refractivity contribution in [1.82, 2.24) is 0 Å². The van der Waals surface area contributed by atoms with Gasteiger partial charge in [-0.2, -0.15) is 0 Å². The summed E-state index contributed by atoms with van der Waals surface area (Å²) >= 11 is 2.19. The summed E-state index contributed by atoms with van der Waals surface area (Å²) in [7, 11) is 0. The summed E-state index contributed by atoms with van der Waals surface area (Å²) in [6.45, 7) is 4.54. The number of rotatable bonds is 5. The van der Waals surface area contributed by atoms with Crippen LogP contribution in [-0.4, -0.2) is 51.8 Å². The molecule has 0 saturated carbocycles. The number of ether oxygens (including phenoxy) is 2. The lowest BCUT2D eigenvalue weighted by atomic mass is 9.98. The van der Waals surface area contributed by atoms with Crippen LogP contribution in [0.4, 0.5) is 0 Å². The van der Waals surface area contributed by atoms with E-state index in [2.05, 4.69) is 29.5 Å². The fourth-order valence-electron chi connectivity index (χ4n) is 1.80. The Hall–Kier alpha value is 0.570. The minimum atomic E-state index is -0.610. The zero-order valence-electron chi connectivity index (χ0n) is 9.80. The summed E-state index contributed by atoms with van der Waals surface area (Å²) in [6, 6.07) is 0. The average molecular weight is 344 g/mol. The third kappa shape index (κ3) is 3.53. The van der Waals surface area contributed by atoms with Crippen molar-refractivity contribution in [2.75, 3.05) is 13.2 Å². The van der Waals surface area contributed by atoms with Crippen LogP contribution in [0.3, 0.4) is 0 Å². The van der Waals surface area contributed by atoms with Gasteiger partial charge >= 0.3 is 0 Å². The van der Waals surface area contributed by atoms with Gasteiger partial charge in [0, 0.05) is 6.61 Å². The molecular weight excluding hydrogens is 323 g/mol. The maximum atomic E-state index is 9.98. The van der Waals surface area contributed by atoms with Crippen molar-refractivity contribution in [3.8, 4) is 0 Å². The van der Waals surface area contributed by atoms with Crippen LogP contribution >= 0.6 is 22.6 Å². The van der Waals surface area contributed by atoms with Crippen LogP contribution in [0.25, 0.3) is 0 Å². The summed E-state index contributed by atoms with van der Waals surface area (Å²) in [4.78, 5) is 0. The second-order valence-corrected chi connectivity index (χ2v) is 5.62. The van der Waals surface area contributed by atoms with Crippen LogP contribution in [0.1, 0.15) is 26.7 Å². The summed E-state index contributed by atoms with van der Waals surface area (Å²) in [5.74, 6) is 0. The van der Waals surface area contributed by atoms with Crippen molar-refractivity contribution < 1.29 is 19.7 Å². The Labute approximate surface area is 110 Å². The van der Waals surface area contributed by atoms with E-state index in [9.17, 15) is 10.2 Å². The van der Waals surface area contributed by atoms with Crippen LogP contribution in [0, 0.1) is 0 Å². The van der Waals surface area contributed by atoms with Crippen LogP contribution in [0.15, 0.2) is 0 Å². The maximum Gasteiger partial charge on any atom is 0.107 e. The Balaban J connectivity index is 2.55. The van der Waals surface area contributed by atoms with E-state index in [0.29, 0.717) is 6.61 Å². The second kappa shape index (κ2) is 7.10. The molecular formula is C11H21IO4. The Morgan fingerprint density at radius 1 is 1.44 bits per heavy atom. The molecule has 1 saturated heterocycles. The molecule has 16 heavy (non-hydrogen) atoms. The third-order valence-electron chi connectivity index (χ3n) is 2.86. The highest BCUT2D eigenvalue weighted by molar-refractivity contribution is 14.1. The number of halogens is 1. The van der Waals surface area contributed by atoms with E-state index < -0.39 is 6.10 Å². The van der Waals surface area contributed by atoms with Gasteiger partial charge in [0.2, 0.25) is 0 Å². The molecule has 0 amide bonds. The molecule has 1 aliphatic rings. The molecule has 5 atom stereocenters. The standard InChI is InChI=1S/C11H21IO4/c1-3-4-5-15-11-9(12)8(6-13)16-7(2)10(11)14/h7-11,13-14H,3-6H2,1-2H3/t7-,8+,9?,10-,11-/m0/s1. The highest BCUT2D eigenvalue weighted by Crippen LogP contribution is 2.28. The van der Waals surface area contributed by atoms with Crippen molar-refractivity contribution in [3.63, 3.8) is 0 Å².